The van der Waals surface area contributed by atoms with Gasteiger partial charge in [-0.25, -0.2) is 4.79 Å². The Morgan fingerprint density at radius 2 is 2.33 bits per heavy atom. The molecule has 0 aliphatic heterocycles. The van der Waals surface area contributed by atoms with E-state index in [1.807, 2.05) is 0 Å². The fraction of sp³-hybridized carbons (Fsp3) is 0. The highest BCUT2D eigenvalue weighted by molar-refractivity contribution is 5.89. The van der Waals surface area contributed by atoms with E-state index in [0.717, 1.165) is 6.20 Å². The van der Waals surface area contributed by atoms with Crippen molar-refractivity contribution in [3.05, 3.63) is 24.4 Å². The molecule has 50 valence electrons. The first kappa shape index (κ1) is 7.71. The van der Waals surface area contributed by atoms with E-state index in [1.165, 1.54) is 6.08 Å². The zero-order valence-electron chi connectivity index (χ0n) is 4.79. The average Bonchev–Trinajstić information content (AvgIpc) is 1.82. The lowest BCUT2D eigenvalue weighted by Gasteiger charge is -1.91. The molecule has 0 amide bonds. The second-order valence-corrected chi connectivity index (χ2v) is 1.28. The predicted octanol–water partition coefficient (Wildman–Crippen LogP) is -0.396. The van der Waals surface area contributed by atoms with Gasteiger partial charge < -0.3 is 10.5 Å². The lowest BCUT2D eigenvalue weighted by atomic mass is 10.3. The molecule has 0 aromatic heterocycles. The maximum absolute atomic E-state index is 10.1. The fourth-order valence-corrected chi connectivity index (χ4v) is 0.298. The van der Waals surface area contributed by atoms with Gasteiger partial charge in [-0.2, -0.15) is 0 Å². The van der Waals surface area contributed by atoms with E-state index in [-0.39, 0.29) is 5.57 Å². The summed E-state index contributed by atoms with van der Waals surface area (Å²) < 4.78 is 0. The lowest BCUT2D eigenvalue weighted by molar-refractivity contribution is -0.132. The molecule has 4 nitrogen and oxygen atoms in total. The van der Waals surface area contributed by atoms with Crippen molar-refractivity contribution in [2.24, 2.45) is 5.84 Å². The molecule has 0 aromatic rings. The molecule has 0 saturated carbocycles. The van der Waals surface area contributed by atoms with Gasteiger partial charge in [0.25, 0.3) is 0 Å². The fourth-order valence-electron chi connectivity index (χ4n) is 0.298. The molecule has 0 unspecified atom stereocenters. The third-order valence-electron chi connectivity index (χ3n) is 0.706. The second-order valence-electron chi connectivity index (χ2n) is 1.28. The van der Waals surface area contributed by atoms with Gasteiger partial charge in [-0.1, -0.05) is 12.7 Å². The predicted molar refractivity (Wildman–Crippen MR) is 33.2 cm³/mol. The van der Waals surface area contributed by atoms with E-state index in [4.69, 9.17) is 10.9 Å². The molecule has 0 saturated heterocycles. The van der Waals surface area contributed by atoms with E-state index < -0.39 is 5.97 Å². The SMILES string of the molecule is C=C/C(=C\NN)C(=O)O. The molecule has 0 spiro atoms. The summed E-state index contributed by atoms with van der Waals surface area (Å²) in [5.74, 6) is 3.75. The molecule has 0 aliphatic carbocycles. The van der Waals surface area contributed by atoms with Gasteiger partial charge in [0.1, 0.15) is 0 Å². The highest BCUT2D eigenvalue weighted by Gasteiger charge is 1.98. The number of nitrogens with one attached hydrogen (secondary N) is 1. The van der Waals surface area contributed by atoms with Crippen molar-refractivity contribution in [2.75, 3.05) is 0 Å². The number of hydrazine groups is 1. The first-order valence-corrected chi connectivity index (χ1v) is 2.24. The first-order chi connectivity index (χ1) is 4.22. The molecule has 0 rings (SSSR count). The van der Waals surface area contributed by atoms with E-state index >= 15 is 0 Å². The van der Waals surface area contributed by atoms with Crippen molar-refractivity contribution in [1.82, 2.24) is 5.43 Å². The van der Waals surface area contributed by atoms with Crippen LogP contribution in [-0.4, -0.2) is 11.1 Å². The van der Waals surface area contributed by atoms with E-state index in [1.54, 1.807) is 0 Å². The molecule has 0 fully saturated rings. The highest BCUT2D eigenvalue weighted by atomic mass is 16.4. The zero-order valence-corrected chi connectivity index (χ0v) is 4.79. The van der Waals surface area contributed by atoms with Gasteiger partial charge in [0.05, 0.1) is 5.57 Å². The van der Waals surface area contributed by atoms with Crippen LogP contribution < -0.4 is 11.3 Å². The van der Waals surface area contributed by atoms with Gasteiger partial charge in [-0.15, -0.1) is 0 Å². The molecule has 9 heavy (non-hydrogen) atoms. The number of carbonyl (C=O) groups is 1. The normalized spacial score (nSPS) is 10.6. The lowest BCUT2D eigenvalue weighted by Crippen LogP contribution is -2.16. The maximum Gasteiger partial charge on any atom is 0.337 e. The summed E-state index contributed by atoms with van der Waals surface area (Å²) in [5.41, 5.74) is 2.13. The number of carboxylic acid groups (broad SMARTS) is 1. The number of aliphatic carboxylic acids is 1. The summed E-state index contributed by atoms with van der Waals surface area (Å²) in [7, 11) is 0. The average molecular weight is 128 g/mol. The van der Waals surface area contributed by atoms with Crippen LogP contribution in [0, 0.1) is 0 Å². The Labute approximate surface area is 52.6 Å². The Balaban J connectivity index is 4.14. The maximum atomic E-state index is 10.1. The molecular weight excluding hydrogens is 120 g/mol. The molecule has 0 bridgehead atoms. The van der Waals surface area contributed by atoms with Crippen LogP contribution in [0.5, 0.6) is 0 Å². The van der Waals surface area contributed by atoms with Crippen molar-refractivity contribution in [3.63, 3.8) is 0 Å². The van der Waals surface area contributed by atoms with Gasteiger partial charge in [-0.3, -0.25) is 5.84 Å². The Morgan fingerprint density at radius 1 is 1.78 bits per heavy atom. The summed E-state index contributed by atoms with van der Waals surface area (Å²) >= 11 is 0. The topological polar surface area (TPSA) is 75.3 Å². The second kappa shape index (κ2) is 3.68. The van der Waals surface area contributed by atoms with Crippen LogP contribution in [0.3, 0.4) is 0 Å². The molecule has 0 radical (unpaired) electrons. The Bertz CT molecular complexity index is 151. The van der Waals surface area contributed by atoms with Gasteiger partial charge in [0.15, 0.2) is 0 Å². The molecule has 4 N–H and O–H groups in total. The molecule has 0 aliphatic rings. The van der Waals surface area contributed by atoms with Gasteiger partial charge >= 0.3 is 5.97 Å². The first-order valence-electron chi connectivity index (χ1n) is 2.24. The van der Waals surface area contributed by atoms with E-state index in [0.29, 0.717) is 0 Å². The smallest absolute Gasteiger partial charge is 0.337 e. The summed E-state index contributed by atoms with van der Waals surface area (Å²) in [6.45, 7) is 3.26. The standard InChI is InChI=1S/C5H8N2O2/c1-2-4(3-7-6)5(8)9/h2-3,7H,1,6H2,(H,8,9)/b4-3+. The zero-order chi connectivity index (χ0) is 7.28. The van der Waals surface area contributed by atoms with Crippen LogP contribution in [-0.2, 0) is 4.79 Å². The molecule has 0 atom stereocenters. The van der Waals surface area contributed by atoms with Crippen LogP contribution in [0.4, 0.5) is 0 Å². The van der Waals surface area contributed by atoms with Crippen molar-refractivity contribution in [2.45, 2.75) is 0 Å². The molecule has 0 heterocycles. The quantitative estimate of drug-likeness (QED) is 0.209. The molecular formula is C5H8N2O2. The van der Waals surface area contributed by atoms with Crippen molar-refractivity contribution in [3.8, 4) is 0 Å². The van der Waals surface area contributed by atoms with E-state index in [2.05, 4.69) is 12.0 Å². The molecule has 0 aromatic carbocycles. The summed E-state index contributed by atoms with van der Waals surface area (Å²) in [6, 6.07) is 0. The number of hydrogen-bond acceptors (Lipinski definition) is 3. The Kier molecular flexibility index (Phi) is 3.15. The Morgan fingerprint density at radius 3 is 2.44 bits per heavy atom. The summed E-state index contributed by atoms with van der Waals surface area (Å²) in [6.07, 6.45) is 2.34. The summed E-state index contributed by atoms with van der Waals surface area (Å²) in [5, 5.41) is 8.27. The number of hydrogen-bond donors (Lipinski definition) is 3. The van der Waals surface area contributed by atoms with Crippen molar-refractivity contribution >= 4 is 5.97 Å². The van der Waals surface area contributed by atoms with E-state index in [9.17, 15) is 4.79 Å². The highest BCUT2D eigenvalue weighted by Crippen LogP contribution is 1.90. The van der Waals surface area contributed by atoms with Gasteiger partial charge in [-0.05, 0) is 0 Å². The summed E-state index contributed by atoms with van der Waals surface area (Å²) in [4.78, 5) is 10.1. The number of rotatable bonds is 3. The minimum Gasteiger partial charge on any atom is -0.478 e. The Hall–Kier alpha value is -1.29. The molecule has 4 heteroatoms. The third kappa shape index (κ3) is 2.50. The van der Waals surface area contributed by atoms with Crippen molar-refractivity contribution < 1.29 is 9.90 Å². The van der Waals surface area contributed by atoms with Gasteiger partial charge in [0.2, 0.25) is 0 Å². The third-order valence-corrected chi connectivity index (χ3v) is 0.706. The largest absolute Gasteiger partial charge is 0.478 e. The minimum atomic E-state index is -1.05. The van der Waals surface area contributed by atoms with Crippen LogP contribution >= 0.6 is 0 Å². The van der Waals surface area contributed by atoms with Crippen LogP contribution in [0.2, 0.25) is 0 Å². The number of nitrogens with two attached hydrogens (primary N) is 1. The van der Waals surface area contributed by atoms with Crippen LogP contribution in [0.25, 0.3) is 0 Å². The minimum absolute atomic E-state index is 0.0394. The van der Waals surface area contributed by atoms with Crippen LogP contribution in [0.1, 0.15) is 0 Å². The van der Waals surface area contributed by atoms with Crippen LogP contribution in [0.15, 0.2) is 24.4 Å². The van der Waals surface area contributed by atoms with Gasteiger partial charge in [0, 0.05) is 6.20 Å². The number of carboxylic acids is 1. The monoisotopic (exact) mass is 128 g/mol. The van der Waals surface area contributed by atoms with Crippen molar-refractivity contribution in [1.29, 1.82) is 0 Å².